The Balaban J connectivity index is 1.60. The standard InChI is InChI=1S/C20H19N3O5/c1-2-27-17-10-6-5-9-15(17)21-18(24)12-28-19(25)11-16-13-7-3-4-8-14(13)20(26)23-22-16/h3-10H,2,11-12H2,1H3,(H,21,24)(H,23,26). The Bertz CT molecular complexity index is 1060. The second kappa shape index (κ2) is 8.81. The lowest BCUT2D eigenvalue weighted by Gasteiger charge is -2.11. The Morgan fingerprint density at radius 2 is 1.79 bits per heavy atom. The summed E-state index contributed by atoms with van der Waals surface area (Å²) in [6.07, 6.45) is -0.167. The van der Waals surface area contributed by atoms with Gasteiger partial charge in [-0.25, -0.2) is 5.10 Å². The highest BCUT2D eigenvalue weighted by atomic mass is 16.5. The summed E-state index contributed by atoms with van der Waals surface area (Å²) >= 11 is 0. The van der Waals surface area contributed by atoms with Gasteiger partial charge in [-0.3, -0.25) is 14.4 Å². The van der Waals surface area contributed by atoms with Crippen molar-refractivity contribution in [1.29, 1.82) is 0 Å². The smallest absolute Gasteiger partial charge is 0.312 e. The van der Waals surface area contributed by atoms with Crippen LogP contribution in [-0.4, -0.2) is 35.3 Å². The average molecular weight is 381 g/mol. The molecule has 0 unspecified atom stereocenters. The molecule has 8 heteroatoms. The van der Waals surface area contributed by atoms with Gasteiger partial charge in [-0.05, 0) is 25.1 Å². The number of aromatic nitrogens is 2. The normalized spacial score (nSPS) is 10.5. The topological polar surface area (TPSA) is 110 Å². The predicted molar refractivity (Wildman–Crippen MR) is 103 cm³/mol. The van der Waals surface area contributed by atoms with Crippen LogP contribution in [-0.2, 0) is 20.7 Å². The van der Waals surface area contributed by atoms with E-state index in [1.807, 2.05) is 6.92 Å². The molecule has 2 N–H and O–H groups in total. The molecular weight excluding hydrogens is 362 g/mol. The van der Waals surface area contributed by atoms with Crippen LogP contribution in [0.15, 0.2) is 53.3 Å². The zero-order valence-electron chi connectivity index (χ0n) is 15.2. The van der Waals surface area contributed by atoms with Crippen LogP contribution in [0.5, 0.6) is 5.75 Å². The maximum absolute atomic E-state index is 12.1. The van der Waals surface area contributed by atoms with Gasteiger partial charge in [0, 0.05) is 5.39 Å². The van der Waals surface area contributed by atoms with Crippen molar-refractivity contribution >= 4 is 28.3 Å². The zero-order chi connectivity index (χ0) is 19.9. The van der Waals surface area contributed by atoms with Crippen molar-refractivity contribution in [3.05, 3.63) is 64.6 Å². The first-order valence-corrected chi connectivity index (χ1v) is 8.72. The molecule has 0 spiro atoms. The van der Waals surface area contributed by atoms with Crippen LogP contribution in [0.4, 0.5) is 5.69 Å². The second-order valence-electron chi connectivity index (χ2n) is 5.86. The van der Waals surface area contributed by atoms with E-state index in [4.69, 9.17) is 9.47 Å². The number of ether oxygens (including phenoxy) is 2. The van der Waals surface area contributed by atoms with E-state index < -0.39 is 18.5 Å². The Hall–Kier alpha value is -3.68. The van der Waals surface area contributed by atoms with Gasteiger partial charge in [-0.15, -0.1) is 0 Å². The number of amides is 1. The van der Waals surface area contributed by atoms with Crippen molar-refractivity contribution in [2.75, 3.05) is 18.5 Å². The number of hydrogen-bond acceptors (Lipinski definition) is 6. The van der Waals surface area contributed by atoms with Crippen LogP contribution in [0.3, 0.4) is 0 Å². The number of aromatic amines is 1. The minimum absolute atomic E-state index is 0.167. The summed E-state index contributed by atoms with van der Waals surface area (Å²) in [7, 11) is 0. The molecule has 0 fully saturated rings. The maximum Gasteiger partial charge on any atom is 0.312 e. The first-order chi connectivity index (χ1) is 13.6. The third-order valence-corrected chi connectivity index (χ3v) is 3.91. The number of nitrogens with zero attached hydrogens (tertiary/aromatic N) is 1. The van der Waals surface area contributed by atoms with Crippen LogP contribution < -0.4 is 15.6 Å². The summed E-state index contributed by atoms with van der Waals surface area (Å²) in [5.74, 6) is -0.577. The van der Waals surface area contributed by atoms with Crippen LogP contribution in [0.25, 0.3) is 10.8 Å². The highest BCUT2D eigenvalue weighted by Gasteiger charge is 2.14. The fourth-order valence-corrected chi connectivity index (χ4v) is 2.68. The van der Waals surface area contributed by atoms with E-state index in [9.17, 15) is 14.4 Å². The quantitative estimate of drug-likeness (QED) is 0.606. The van der Waals surface area contributed by atoms with Crippen molar-refractivity contribution in [1.82, 2.24) is 10.2 Å². The van der Waals surface area contributed by atoms with Gasteiger partial charge in [0.2, 0.25) is 0 Å². The number of nitrogens with one attached hydrogen (secondary N) is 2. The minimum atomic E-state index is -0.627. The summed E-state index contributed by atoms with van der Waals surface area (Å²) < 4.78 is 10.5. The molecule has 3 rings (SSSR count). The van der Waals surface area contributed by atoms with E-state index >= 15 is 0 Å². The number of rotatable bonds is 7. The molecule has 144 valence electrons. The van der Waals surface area contributed by atoms with Gasteiger partial charge < -0.3 is 14.8 Å². The van der Waals surface area contributed by atoms with Crippen molar-refractivity contribution in [2.45, 2.75) is 13.3 Å². The van der Waals surface area contributed by atoms with E-state index in [0.29, 0.717) is 34.5 Å². The van der Waals surface area contributed by atoms with Crippen molar-refractivity contribution < 1.29 is 19.1 Å². The third kappa shape index (κ3) is 4.53. The molecule has 0 aliphatic carbocycles. The second-order valence-corrected chi connectivity index (χ2v) is 5.86. The Labute approximate surface area is 160 Å². The first-order valence-electron chi connectivity index (χ1n) is 8.72. The van der Waals surface area contributed by atoms with Crippen LogP contribution >= 0.6 is 0 Å². The molecule has 2 aromatic carbocycles. The number of anilines is 1. The zero-order valence-corrected chi connectivity index (χ0v) is 15.2. The molecule has 28 heavy (non-hydrogen) atoms. The molecule has 8 nitrogen and oxygen atoms in total. The average Bonchev–Trinajstić information content (AvgIpc) is 2.70. The SMILES string of the molecule is CCOc1ccccc1NC(=O)COC(=O)Cc1n[nH]c(=O)c2ccccc12. The van der Waals surface area contributed by atoms with Crippen molar-refractivity contribution in [3.63, 3.8) is 0 Å². The highest BCUT2D eigenvalue weighted by Crippen LogP contribution is 2.23. The van der Waals surface area contributed by atoms with Gasteiger partial charge in [0.15, 0.2) is 6.61 Å². The number of esters is 1. The molecule has 0 aliphatic heterocycles. The Kier molecular flexibility index (Phi) is 6.01. The van der Waals surface area contributed by atoms with Crippen molar-refractivity contribution in [3.8, 4) is 5.75 Å². The molecule has 1 aromatic heterocycles. The Morgan fingerprint density at radius 3 is 2.57 bits per heavy atom. The van der Waals surface area contributed by atoms with Gasteiger partial charge >= 0.3 is 5.97 Å². The fourth-order valence-electron chi connectivity index (χ4n) is 2.68. The van der Waals surface area contributed by atoms with Crippen molar-refractivity contribution in [2.24, 2.45) is 0 Å². The molecule has 3 aromatic rings. The summed E-state index contributed by atoms with van der Waals surface area (Å²) in [6, 6.07) is 13.8. The molecule has 0 bridgehead atoms. The number of H-pyrrole nitrogens is 1. The van der Waals surface area contributed by atoms with Crippen LogP contribution in [0.1, 0.15) is 12.6 Å². The number of para-hydroxylation sites is 2. The minimum Gasteiger partial charge on any atom is -0.492 e. The first kappa shape index (κ1) is 19.1. The molecule has 0 saturated carbocycles. The van der Waals surface area contributed by atoms with Gasteiger partial charge in [-0.1, -0.05) is 30.3 Å². The number of fused-ring (bicyclic) bond motifs is 1. The van der Waals surface area contributed by atoms with E-state index in [0.717, 1.165) is 0 Å². The van der Waals surface area contributed by atoms with Crippen LogP contribution in [0.2, 0.25) is 0 Å². The van der Waals surface area contributed by atoms with Gasteiger partial charge in [0.1, 0.15) is 5.75 Å². The number of carbonyl (C=O) groups is 2. The highest BCUT2D eigenvalue weighted by molar-refractivity contribution is 5.94. The lowest BCUT2D eigenvalue weighted by Crippen LogP contribution is -2.22. The third-order valence-electron chi connectivity index (χ3n) is 3.91. The molecule has 1 heterocycles. The van der Waals surface area contributed by atoms with Crippen LogP contribution in [0, 0.1) is 0 Å². The largest absolute Gasteiger partial charge is 0.492 e. The monoisotopic (exact) mass is 381 g/mol. The maximum atomic E-state index is 12.1. The molecule has 1 amide bonds. The number of benzene rings is 2. The summed E-state index contributed by atoms with van der Waals surface area (Å²) in [4.78, 5) is 36.0. The summed E-state index contributed by atoms with van der Waals surface area (Å²) in [5.41, 5.74) is 0.543. The molecule has 0 saturated heterocycles. The lowest BCUT2D eigenvalue weighted by molar-refractivity contribution is -0.146. The lowest BCUT2D eigenvalue weighted by atomic mass is 10.1. The molecule has 0 atom stereocenters. The fraction of sp³-hybridized carbons (Fsp3) is 0.200. The molecule has 0 radical (unpaired) electrons. The van der Waals surface area contributed by atoms with E-state index in [1.165, 1.54) is 0 Å². The van der Waals surface area contributed by atoms with E-state index in [-0.39, 0.29) is 12.0 Å². The van der Waals surface area contributed by atoms with Gasteiger partial charge in [0.25, 0.3) is 11.5 Å². The van der Waals surface area contributed by atoms with Gasteiger partial charge in [0.05, 0.1) is 29.8 Å². The number of hydrogen-bond donors (Lipinski definition) is 2. The summed E-state index contributed by atoms with van der Waals surface area (Å²) in [5, 5.41) is 9.93. The summed E-state index contributed by atoms with van der Waals surface area (Å²) in [6.45, 7) is 1.86. The number of carbonyl (C=O) groups excluding carboxylic acids is 2. The van der Waals surface area contributed by atoms with E-state index in [2.05, 4.69) is 15.5 Å². The predicted octanol–water partition coefficient (Wildman–Crippen LogP) is 2.05. The molecule has 0 aliphatic rings. The Morgan fingerprint density at radius 1 is 1.07 bits per heavy atom. The molecular formula is C20H19N3O5. The van der Waals surface area contributed by atoms with Gasteiger partial charge in [-0.2, -0.15) is 5.10 Å². The van der Waals surface area contributed by atoms with E-state index in [1.54, 1.807) is 48.5 Å².